The maximum Gasteiger partial charge on any atom is 0.271 e. The Labute approximate surface area is 116 Å². The van der Waals surface area contributed by atoms with Crippen molar-refractivity contribution >= 4 is 12.1 Å². The number of aryl methyl sites for hydroxylation is 1. The summed E-state index contributed by atoms with van der Waals surface area (Å²) in [6, 6.07) is 11.2. The first-order valence-corrected chi connectivity index (χ1v) is 5.98. The number of hydrogen-bond acceptors (Lipinski definition) is 4. The van der Waals surface area contributed by atoms with E-state index in [1.165, 1.54) is 24.4 Å². The summed E-state index contributed by atoms with van der Waals surface area (Å²) < 4.78 is 0. The Morgan fingerprint density at radius 2 is 2.00 bits per heavy atom. The van der Waals surface area contributed by atoms with Crippen LogP contribution in [0.1, 0.15) is 21.5 Å². The van der Waals surface area contributed by atoms with Crippen LogP contribution in [-0.4, -0.2) is 22.3 Å². The van der Waals surface area contributed by atoms with Crippen LogP contribution in [0.4, 0.5) is 0 Å². The van der Waals surface area contributed by atoms with Gasteiger partial charge in [-0.05, 0) is 31.2 Å². The third-order valence-electron chi connectivity index (χ3n) is 2.66. The van der Waals surface area contributed by atoms with Crippen molar-refractivity contribution in [1.29, 1.82) is 0 Å². The number of carbonyl (C=O) groups excluding carboxylic acids is 1. The molecule has 0 saturated carbocycles. The van der Waals surface area contributed by atoms with Gasteiger partial charge in [0.15, 0.2) is 0 Å². The summed E-state index contributed by atoms with van der Waals surface area (Å²) in [4.78, 5) is 11.8. The van der Waals surface area contributed by atoms with Gasteiger partial charge in [-0.25, -0.2) is 5.43 Å². The minimum Gasteiger partial charge on any atom is -0.508 e. The van der Waals surface area contributed by atoms with E-state index in [2.05, 4.69) is 10.5 Å². The fourth-order valence-electron chi connectivity index (χ4n) is 1.65. The van der Waals surface area contributed by atoms with Gasteiger partial charge in [0.2, 0.25) is 0 Å². The van der Waals surface area contributed by atoms with Crippen LogP contribution < -0.4 is 5.43 Å². The van der Waals surface area contributed by atoms with E-state index in [4.69, 9.17) is 5.11 Å². The van der Waals surface area contributed by atoms with Crippen LogP contribution in [0.25, 0.3) is 0 Å². The molecule has 0 bridgehead atoms. The molecule has 102 valence electrons. The molecule has 5 heteroatoms. The molecule has 0 fully saturated rings. The Kier molecular flexibility index (Phi) is 4.00. The quantitative estimate of drug-likeness (QED) is 0.590. The lowest BCUT2D eigenvalue weighted by Crippen LogP contribution is -2.17. The zero-order valence-electron chi connectivity index (χ0n) is 10.9. The fraction of sp³-hybridized carbons (Fsp3) is 0.0667. The molecule has 2 aromatic carbocycles. The summed E-state index contributed by atoms with van der Waals surface area (Å²) in [6.07, 6.45) is 1.31. The second-order valence-corrected chi connectivity index (χ2v) is 4.31. The minimum absolute atomic E-state index is 0.0385. The van der Waals surface area contributed by atoms with Crippen LogP contribution in [0.2, 0.25) is 0 Å². The van der Waals surface area contributed by atoms with E-state index < -0.39 is 0 Å². The number of carbonyl (C=O) groups is 1. The number of nitrogens with zero attached hydrogens (tertiary/aromatic N) is 1. The van der Waals surface area contributed by atoms with Gasteiger partial charge in [0, 0.05) is 17.2 Å². The lowest BCUT2D eigenvalue weighted by atomic mass is 10.1. The van der Waals surface area contributed by atoms with Crippen molar-refractivity contribution < 1.29 is 15.0 Å². The molecular weight excluding hydrogens is 256 g/mol. The van der Waals surface area contributed by atoms with Crippen molar-refractivity contribution in [1.82, 2.24) is 5.43 Å². The zero-order chi connectivity index (χ0) is 14.5. The lowest BCUT2D eigenvalue weighted by molar-refractivity contribution is 0.0955. The molecule has 0 aliphatic carbocycles. The first-order valence-electron chi connectivity index (χ1n) is 5.98. The van der Waals surface area contributed by atoms with Crippen molar-refractivity contribution in [3.63, 3.8) is 0 Å². The number of amides is 1. The molecule has 0 radical (unpaired) electrons. The molecule has 0 atom stereocenters. The van der Waals surface area contributed by atoms with Gasteiger partial charge < -0.3 is 10.2 Å². The maximum atomic E-state index is 11.8. The zero-order valence-corrected chi connectivity index (χ0v) is 10.9. The molecule has 0 heterocycles. The van der Waals surface area contributed by atoms with Gasteiger partial charge in [-0.2, -0.15) is 5.10 Å². The average molecular weight is 270 g/mol. The van der Waals surface area contributed by atoms with Crippen molar-refractivity contribution in [3.05, 3.63) is 59.2 Å². The van der Waals surface area contributed by atoms with Crippen LogP contribution in [0.15, 0.2) is 47.6 Å². The molecule has 0 saturated heterocycles. The summed E-state index contributed by atoms with van der Waals surface area (Å²) in [5.74, 6) is -0.481. The van der Waals surface area contributed by atoms with Gasteiger partial charge in [0.25, 0.3) is 5.91 Å². The third kappa shape index (κ3) is 3.35. The number of phenolic OH excluding ortho intramolecular Hbond substituents is 2. The smallest absolute Gasteiger partial charge is 0.271 e. The predicted octanol–water partition coefficient (Wildman–Crippen LogP) is 2.17. The van der Waals surface area contributed by atoms with Gasteiger partial charge in [-0.1, -0.05) is 17.7 Å². The Morgan fingerprint density at radius 1 is 1.20 bits per heavy atom. The van der Waals surface area contributed by atoms with E-state index >= 15 is 0 Å². The number of aromatic hydroxyl groups is 2. The van der Waals surface area contributed by atoms with Gasteiger partial charge >= 0.3 is 0 Å². The summed E-state index contributed by atoms with van der Waals surface area (Å²) in [7, 11) is 0. The van der Waals surface area contributed by atoms with Crippen LogP contribution >= 0.6 is 0 Å². The molecule has 5 nitrogen and oxygen atoms in total. The molecule has 2 aromatic rings. The molecule has 3 N–H and O–H groups in total. The maximum absolute atomic E-state index is 11.8. The van der Waals surface area contributed by atoms with Crippen molar-refractivity contribution in [2.75, 3.05) is 0 Å². The molecular formula is C15H14N2O3. The van der Waals surface area contributed by atoms with E-state index in [9.17, 15) is 9.90 Å². The molecule has 0 aromatic heterocycles. The second-order valence-electron chi connectivity index (χ2n) is 4.31. The van der Waals surface area contributed by atoms with E-state index in [0.29, 0.717) is 11.1 Å². The summed E-state index contributed by atoms with van der Waals surface area (Å²) >= 11 is 0. The number of phenols is 2. The fourth-order valence-corrected chi connectivity index (χ4v) is 1.65. The van der Waals surface area contributed by atoms with Crippen LogP contribution in [0, 0.1) is 6.92 Å². The van der Waals surface area contributed by atoms with Crippen LogP contribution in [0.3, 0.4) is 0 Å². The molecule has 1 amide bonds. The highest BCUT2D eigenvalue weighted by molar-refractivity contribution is 5.95. The summed E-state index contributed by atoms with van der Waals surface area (Å²) in [5, 5.41) is 22.5. The van der Waals surface area contributed by atoms with Gasteiger partial charge in [-0.3, -0.25) is 4.79 Å². The van der Waals surface area contributed by atoms with Gasteiger partial charge in [-0.15, -0.1) is 0 Å². The number of nitrogens with one attached hydrogen (secondary N) is 1. The topological polar surface area (TPSA) is 81.9 Å². The largest absolute Gasteiger partial charge is 0.508 e. The number of rotatable bonds is 3. The standard InChI is InChI=1S/C15H14N2O3/c1-10-3-2-4-11(7-10)15(20)17-16-9-12-5-6-13(18)8-14(12)19/h2-9,18-19H,1H3,(H,17,20). The third-order valence-corrected chi connectivity index (χ3v) is 2.66. The van der Waals surface area contributed by atoms with E-state index in [0.717, 1.165) is 5.56 Å². The minimum atomic E-state index is -0.330. The molecule has 0 spiro atoms. The molecule has 0 aliphatic rings. The SMILES string of the molecule is Cc1cccc(C(=O)NN=Cc2ccc(O)cc2O)c1. The van der Waals surface area contributed by atoms with E-state index in [-0.39, 0.29) is 17.4 Å². The first kappa shape index (κ1) is 13.6. The number of benzene rings is 2. The van der Waals surface area contributed by atoms with Crippen molar-refractivity contribution in [2.24, 2.45) is 5.10 Å². The van der Waals surface area contributed by atoms with E-state index in [1.807, 2.05) is 13.0 Å². The van der Waals surface area contributed by atoms with E-state index in [1.54, 1.807) is 18.2 Å². The number of hydrazone groups is 1. The molecule has 2 rings (SSSR count). The molecule has 20 heavy (non-hydrogen) atoms. The Morgan fingerprint density at radius 3 is 2.70 bits per heavy atom. The lowest BCUT2D eigenvalue weighted by Gasteiger charge is -2.01. The van der Waals surface area contributed by atoms with Crippen molar-refractivity contribution in [3.8, 4) is 11.5 Å². The number of hydrogen-bond donors (Lipinski definition) is 3. The van der Waals surface area contributed by atoms with Gasteiger partial charge in [0.05, 0.1) is 6.21 Å². The Hall–Kier alpha value is -2.82. The normalized spacial score (nSPS) is 10.7. The summed E-state index contributed by atoms with van der Waals surface area (Å²) in [6.45, 7) is 1.90. The molecule has 0 aliphatic heterocycles. The highest BCUT2D eigenvalue weighted by Gasteiger charge is 2.04. The Balaban J connectivity index is 2.04. The summed E-state index contributed by atoms with van der Waals surface area (Å²) in [5.41, 5.74) is 4.26. The average Bonchev–Trinajstić information content (AvgIpc) is 2.41. The highest BCUT2D eigenvalue weighted by Crippen LogP contribution is 2.20. The molecule has 0 unspecified atom stereocenters. The first-order chi connectivity index (χ1) is 9.56. The van der Waals surface area contributed by atoms with Crippen LogP contribution in [0.5, 0.6) is 11.5 Å². The second kappa shape index (κ2) is 5.88. The van der Waals surface area contributed by atoms with Crippen LogP contribution in [-0.2, 0) is 0 Å². The predicted molar refractivity (Wildman–Crippen MR) is 76.0 cm³/mol. The Bertz CT molecular complexity index is 666. The van der Waals surface area contributed by atoms with Crippen molar-refractivity contribution in [2.45, 2.75) is 6.92 Å². The highest BCUT2D eigenvalue weighted by atomic mass is 16.3. The van der Waals surface area contributed by atoms with Gasteiger partial charge in [0.1, 0.15) is 11.5 Å². The monoisotopic (exact) mass is 270 g/mol.